The third-order valence-corrected chi connectivity index (χ3v) is 3.35. The average molecular weight is 284 g/mol. The smallest absolute Gasteiger partial charge is 0.236 e. The van der Waals surface area contributed by atoms with Gasteiger partial charge in [-0.15, -0.1) is 24.8 Å². The number of carbonyl (C=O) groups is 1. The third-order valence-electron chi connectivity index (χ3n) is 3.35. The zero-order valence-electron chi connectivity index (χ0n) is 10.2. The maximum atomic E-state index is 11.4. The highest BCUT2D eigenvalue weighted by Crippen LogP contribution is 2.29. The van der Waals surface area contributed by atoms with Crippen molar-refractivity contribution in [3.8, 4) is 0 Å². The number of nitrogens with one attached hydrogen (secondary N) is 1. The van der Waals surface area contributed by atoms with Gasteiger partial charge in [-0.1, -0.05) is 0 Å². The molecule has 102 valence electrons. The minimum atomic E-state index is -0.383. The van der Waals surface area contributed by atoms with Crippen LogP contribution in [0, 0.1) is 0 Å². The van der Waals surface area contributed by atoms with Crippen LogP contribution < -0.4 is 11.1 Å². The first-order valence-electron chi connectivity index (χ1n) is 5.97. The number of likely N-dealkylation sites (tertiary alicyclic amines) is 1. The van der Waals surface area contributed by atoms with Crippen molar-refractivity contribution < 1.29 is 4.79 Å². The molecule has 17 heavy (non-hydrogen) atoms. The summed E-state index contributed by atoms with van der Waals surface area (Å²) in [5.74, 6) is -0.0140. The third kappa shape index (κ3) is 5.00. The van der Waals surface area contributed by atoms with E-state index in [4.69, 9.17) is 5.73 Å². The second-order valence-corrected chi connectivity index (χ2v) is 4.84. The molecule has 2 aliphatic rings. The summed E-state index contributed by atoms with van der Waals surface area (Å²) in [7, 11) is 0. The summed E-state index contributed by atoms with van der Waals surface area (Å²) in [4.78, 5) is 13.9. The number of nitrogens with two attached hydrogens (primary N) is 1. The van der Waals surface area contributed by atoms with Gasteiger partial charge in [-0.3, -0.25) is 4.79 Å². The van der Waals surface area contributed by atoms with Crippen molar-refractivity contribution >= 4 is 30.7 Å². The minimum absolute atomic E-state index is 0. The van der Waals surface area contributed by atoms with Gasteiger partial charge in [-0.05, 0) is 32.6 Å². The zero-order valence-corrected chi connectivity index (χ0v) is 11.9. The molecule has 1 saturated heterocycles. The molecule has 1 saturated carbocycles. The molecule has 1 aliphatic carbocycles. The molecule has 4 nitrogen and oxygen atoms in total. The fourth-order valence-corrected chi connectivity index (χ4v) is 2.18. The molecular weight excluding hydrogens is 261 g/mol. The van der Waals surface area contributed by atoms with Crippen LogP contribution in [0.4, 0.5) is 0 Å². The number of piperidine rings is 1. The molecule has 1 amide bonds. The van der Waals surface area contributed by atoms with E-state index in [2.05, 4.69) is 10.2 Å². The Morgan fingerprint density at radius 1 is 1.24 bits per heavy atom. The van der Waals surface area contributed by atoms with Gasteiger partial charge in [0.05, 0.1) is 6.04 Å². The Labute approximate surface area is 115 Å². The standard InChI is InChI=1S/C11H21N3O.2ClH/c1-8(12)11(15)13-9-4-6-14(7-5-9)10-2-3-10;;/h8-10H,2-7,12H2,1H3,(H,13,15);2*1H/t8-;;/m1../s1. The largest absolute Gasteiger partial charge is 0.352 e. The molecule has 2 fully saturated rings. The van der Waals surface area contributed by atoms with Crippen LogP contribution in [0.5, 0.6) is 0 Å². The fraction of sp³-hybridized carbons (Fsp3) is 0.909. The number of nitrogens with zero attached hydrogens (tertiary/aromatic N) is 1. The summed E-state index contributed by atoms with van der Waals surface area (Å²) in [6.07, 6.45) is 4.90. The molecule has 0 aromatic carbocycles. The minimum Gasteiger partial charge on any atom is -0.352 e. The van der Waals surface area contributed by atoms with E-state index in [1.807, 2.05) is 0 Å². The number of halogens is 2. The number of carbonyl (C=O) groups excluding carboxylic acids is 1. The Kier molecular flexibility index (Phi) is 7.40. The molecule has 0 unspecified atom stereocenters. The summed E-state index contributed by atoms with van der Waals surface area (Å²) < 4.78 is 0. The lowest BCUT2D eigenvalue weighted by Gasteiger charge is -2.32. The van der Waals surface area contributed by atoms with Crippen LogP contribution in [0.15, 0.2) is 0 Å². The van der Waals surface area contributed by atoms with Crippen LogP contribution in [-0.2, 0) is 4.79 Å². The fourth-order valence-electron chi connectivity index (χ4n) is 2.18. The average Bonchev–Trinajstić information content (AvgIpc) is 3.02. The van der Waals surface area contributed by atoms with Crippen LogP contribution in [0.25, 0.3) is 0 Å². The number of hydrogen-bond donors (Lipinski definition) is 2. The summed E-state index contributed by atoms with van der Waals surface area (Å²) in [5, 5.41) is 3.01. The summed E-state index contributed by atoms with van der Waals surface area (Å²) in [5.41, 5.74) is 5.52. The van der Waals surface area contributed by atoms with E-state index >= 15 is 0 Å². The van der Waals surface area contributed by atoms with Crippen molar-refractivity contribution in [1.82, 2.24) is 10.2 Å². The quantitative estimate of drug-likeness (QED) is 0.810. The second kappa shape index (κ2) is 7.41. The Balaban J connectivity index is 0.00000128. The van der Waals surface area contributed by atoms with Gasteiger partial charge >= 0.3 is 0 Å². The Morgan fingerprint density at radius 3 is 2.18 bits per heavy atom. The van der Waals surface area contributed by atoms with Gasteiger partial charge in [-0.25, -0.2) is 0 Å². The molecular formula is C11H23Cl2N3O. The van der Waals surface area contributed by atoms with Gasteiger partial charge in [0, 0.05) is 25.2 Å². The van der Waals surface area contributed by atoms with E-state index in [-0.39, 0.29) is 36.8 Å². The highest BCUT2D eigenvalue weighted by molar-refractivity contribution is 5.85. The summed E-state index contributed by atoms with van der Waals surface area (Å²) in [6.45, 7) is 4.00. The van der Waals surface area contributed by atoms with Gasteiger partial charge in [0.1, 0.15) is 0 Å². The molecule has 2 rings (SSSR count). The maximum absolute atomic E-state index is 11.4. The predicted octanol–water partition coefficient (Wildman–Crippen LogP) is 0.920. The summed E-state index contributed by atoms with van der Waals surface area (Å²) in [6, 6.07) is 0.819. The molecule has 1 atom stereocenters. The van der Waals surface area contributed by atoms with Gasteiger partial charge < -0.3 is 16.0 Å². The molecule has 0 radical (unpaired) electrons. The lowest BCUT2D eigenvalue weighted by molar-refractivity contribution is -0.123. The lowest BCUT2D eigenvalue weighted by atomic mass is 10.0. The van der Waals surface area contributed by atoms with Crippen LogP contribution >= 0.6 is 24.8 Å². The lowest BCUT2D eigenvalue weighted by Crippen LogP contribution is -2.49. The number of rotatable bonds is 3. The van der Waals surface area contributed by atoms with E-state index in [0.717, 1.165) is 32.0 Å². The van der Waals surface area contributed by atoms with Crippen LogP contribution in [-0.4, -0.2) is 42.0 Å². The van der Waals surface area contributed by atoms with E-state index in [0.29, 0.717) is 6.04 Å². The normalized spacial score (nSPS) is 23.2. The molecule has 1 aliphatic heterocycles. The highest BCUT2D eigenvalue weighted by atomic mass is 35.5. The first-order chi connectivity index (χ1) is 7.16. The topological polar surface area (TPSA) is 58.4 Å². The summed E-state index contributed by atoms with van der Waals surface area (Å²) >= 11 is 0. The monoisotopic (exact) mass is 283 g/mol. The second-order valence-electron chi connectivity index (χ2n) is 4.84. The van der Waals surface area contributed by atoms with Crippen molar-refractivity contribution in [2.45, 2.75) is 50.7 Å². The highest BCUT2D eigenvalue weighted by Gasteiger charge is 2.32. The molecule has 0 spiro atoms. The number of amides is 1. The van der Waals surface area contributed by atoms with Crippen molar-refractivity contribution in [2.75, 3.05) is 13.1 Å². The van der Waals surface area contributed by atoms with Crippen molar-refractivity contribution in [2.24, 2.45) is 5.73 Å². The molecule has 1 heterocycles. The van der Waals surface area contributed by atoms with Crippen molar-refractivity contribution in [3.05, 3.63) is 0 Å². The van der Waals surface area contributed by atoms with Crippen molar-refractivity contribution in [3.63, 3.8) is 0 Å². The molecule has 6 heteroatoms. The first kappa shape index (κ1) is 17.0. The van der Waals surface area contributed by atoms with Crippen LogP contribution in [0.2, 0.25) is 0 Å². The molecule has 0 aromatic heterocycles. The molecule has 3 N–H and O–H groups in total. The van der Waals surface area contributed by atoms with Gasteiger partial charge in [0.15, 0.2) is 0 Å². The van der Waals surface area contributed by atoms with Gasteiger partial charge in [-0.2, -0.15) is 0 Å². The van der Waals surface area contributed by atoms with Gasteiger partial charge in [0.25, 0.3) is 0 Å². The van der Waals surface area contributed by atoms with E-state index < -0.39 is 0 Å². The Bertz CT molecular complexity index is 239. The Morgan fingerprint density at radius 2 is 1.76 bits per heavy atom. The van der Waals surface area contributed by atoms with Crippen LogP contribution in [0.3, 0.4) is 0 Å². The van der Waals surface area contributed by atoms with E-state index in [1.54, 1.807) is 6.92 Å². The van der Waals surface area contributed by atoms with Gasteiger partial charge in [0.2, 0.25) is 5.91 Å². The van der Waals surface area contributed by atoms with Crippen molar-refractivity contribution in [1.29, 1.82) is 0 Å². The molecule has 0 bridgehead atoms. The zero-order chi connectivity index (χ0) is 10.8. The first-order valence-corrected chi connectivity index (χ1v) is 5.97. The van der Waals surface area contributed by atoms with E-state index in [9.17, 15) is 4.79 Å². The maximum Gasteiger partial charge on any atom is 0.236 e. The van der Waals surface area contributed by atoms with Crippen LogP contribution in [0.1, 0.15) is 32.6 Å². The number of hydrogen-bond acceptors (Lipinski definition) is 3. The Hall–Kier alpha value is -0.0300. The SMILES string of the molecule is C[C@@H](N)C(=O)NC1CCN(C2CC2)CC1.Cl.Cl. The van der Waals surface area contributed by atoms with E-state index in [1.165, 1.54) is 12.8 Å². The predicted molar refractivity (Wildman–Crippen MR) is 73.9 cm³/mol. The molecule has 0 aromatic rings.